The van der Waals surface area contributed by atoms with Gasteiger partial charge in [0.05, 0.1) is 17.6 Å². The highest BCUT2D eigenvalue weighted by molar-refractivity contribution is 7.15. The second-order valence-corrected chi connectivity index (χ2v) is 5.66. The van der Waals surface area contributed by atoms with Crippen molar-refractivity contribution in [3.05, 3.63) is 53.8 Å². The molecule has 0 aliphatic carbocycles. The molecule has 0 unspecified atom stereocenters. The third kappa shape index (κ3) is 2.14. The van der Waals surface area contributed by atoms with Crippen molar-refractivity contribution in [3.63, 3.8) is 0 Å². The van der Waals surface area contributed by atoms with Gasteiger partial charge in [-0.3, -0.25) is 9.38 Å². The minimum absolute atomic E-state index is 0.342. The Bertz CT molecular complexity index is 931. The molecule has 0 saturated carbocycles. The second kappa shape index (κ2) is 5.02. The molecule has 6 heteroatoms. The van der Waals surface area contributed by atoms with Gasteiger partial charge in [-0.15, -0.1) is 22.9 Å². The number of thiazole rings is 1. The number of ether oxygens (including phenoxy) is 1. The van der Waals surface area contributed by atoms with Gasteiger partial charge >= 0.3 is 0 Å². The first-order valence-corrected chi connectivity index (χ1v) is 7.79. The van der Waals surface area contributed by atoms with Gasteiger partial charge in [-0.05, 0) is 12.1 Å². The van der Waals surface area contributed by atoms with Crippen molar-refractivity contribution in [2.75, 3.05) is 0 Å². The van der Waals surface area contributed by atoms with Crippen LogP contribution in [0.15, 0.2) is 48.1 Å². The van der Waals surface area contributed by atoms with E-state index in [0.717, 1.165) is 21.6 Å². The Labute approximate surface area is 129 Å². The van der Waals surface area contributed by atoms with E-state index >= 15 is 0 Å². The quantitative estimate of drug-likeness (QED) is 0.523. The largest absolute Gasteiger partial charge is 0.436 e. The Kier molecular flexibility index (Phi) is 3.02. The van der Waals surface area contributed by atoms with Crippen LogP contribution in [0.25, 0.3) is 15.9 Å². The number of pyridine rings is 1. The molecule has 21 heavy (non-hydrogen) atoms. The maximum atomic E-state index is 6.02. The fourth-order valence-corrected chi connectivity index (χ4v) is 3.20. The Balaban J connectivity index is 1.76. The van der Waals surface area contributed by atoms with Gasteiger partial charge in [-0.25, -0.2) is 0 Å². The molecule has 0 atom stereocenters. The predicted molar refractivity (Wildman–Crippen MR) is 84.4 cm³/mol. The lowest BCUT2D eigenvalue weighted by Gasteiger charge is -2.05. The van der Waals surface area contributed by atoms with Gasteiger partial charge < -0.3 is 4.74 Å². The number of alkyl halides is 1. The highest BCUT2D eigenvalue weighted by Crippen LogP contribution is 2.29. The van der Waals surface area contributed by atoms with Gasteiger partial charge in [-0.1, -0.05) is 18.2 Å². The fraction of sp³-hybridized carbons (Fsp3) is 0.0667. The lowest BCUT2D eigenvalue weighted by molar-refractivity contribution is 0.460. The van der Waals surface area contributed by atoms with Crippen LogP contribution in [0.2, 0.25) is 0 Å². The molecular weight excluding hydrogens is 306 g/mol. The number of para-hydroxylation sites is 1. The van der Waals surface area contributed by atoms with Crippen molar-refractivity contribution in [1.82, 2.24) is 14.4 Å². The standard InChI is InChI=1S/C15H10ClN3OS/c16-8-13-14(18-15-19(13)5-6-21-15)20-11-7-10-3-1-2-4-12(10)17-9-11/h1-7,9H,8H2. The van der Waals surface area contributed by atoms with Crippen LogP contribution in [-0.4, -0.2) is 14.4 Å². The zero-order chi connectivity index (χ0) is 14.2. The number of benzene rings is 1. The number of aromatic nitrogens is 3. The lowest BCUT2D eigenvalue weighted by Crippen LogP contribution is -1.92. The second-order valence-electron chi connectivity index (χ2n) is 4.52. The normalized spacial score (nSPS) is 11.3. The number of nitrogens with zero attached hydrogens (tertiary/aromatic N) is 3. The molecule has 4 rings (SSSR count). The Hall–Kier alpha value is -2.11. The monoisotopic (exact) mass is 315 g/mol. The Morgan fingerprint density at radius 1 is 1.29 bits per heavy atom. The molecule has 0 bridgehead atoms. The van der Waals surface area contributed by atoms with E-state index in [2.05, 4.69) is 9.97 Å². The van der Waals surface area contributed by atoms with Crippen LogP contribution in [0.5, 0.6) is 11.6 Å². The molecule has 104 valence electrons. The molecule has 0 radical (unpaired) electrons. The molecule has 1 aromatic carbocycles. The van der Waals surface area contributed by atoms with E-state index in [1.54, 1.807) is 17.5 Å². The van der Waals surface area contributed by atoms with Crippen molar-refractivity contribution in [2.45, 2.75) is 5.88 Å². The first-order valence-electron chi connectivity index (χ1n) is 6.38. The summed E-state index contributed by atoms with van der Waals surface area (Å²) < 4.78 is 7.83. The number of imidazole rings is 1. The van der Waals surface area contributed by atoms with Crippen molar-refractivity contribution in [3.8, 4) is 11.6 Å². The number of rotatable bonds is 3. The predicted octanol–water partition coefficient (Wildman–Crippen LogP) is 4.48. The number of halogens is 1. The van der Waals surface area contributed by atoms with Crippen LogP contribution < -0.4 is 4.74 Å². The maximum absolute atomic E-state index is 6.02. The van der Waals surface area contributed by atoms with E-state index in [9.17, 15) is 0 Å². The molecule has 0 aliphatic rings. The Morgan fingerprint density at radius 3 is 3.10 bits per heavy atom. The van der Waals surface area contributed by atoms with Gasteiger partial charge in [0.15, 0.2) is 4.96 Å². The zero-order valence-electron chi connectivity index (χ0n) is 10.9. The molecule has 0 amide bonds. The summed E-state index contributed by atoms with van der Waals surface area (Å²) in [7, 11) is 0. The summed E-state index contributed by atoms with van der Waals surface area (Å²) in [5.41, 5.74) is 1.79. The zero-order valence-corrected chi connectivity index (χ0v) is 12.4. The average Bonchev–Trinajstić information content (AvgIpc) is 3.07. The van der Waals surface area contributed by atoms with Crippen molar-refractivity contribution < 1.29 is 4.74 Å². The van der Waals surface area contributed by atoms with Gasteiger partial charge in [0.25, 0.3) is 0 Å². The van der Waals surface area contributed by atoms with Crippen molar-refractivity contribution in [2.24, 2.45) is 0 Å². The molecule has 0 saturated heterocycles. The third-order valence-corrected chi connectivity index (χ3v) is 4.24. The van der Waals surface area contributed by atoms with E-state index in [4.69, 9.17) is 16.3 Å². The number of hydrogen-bond acceptors (Lipinski definition) is 4. The summed E-state index contributed by atoms with van der Waals surface area (Å²) in [5, 5.41) is 3.00. The summed E-state index contributed by atoms with van der Waals surface area (Å²) in [4.78, 5) is 9.72. The van der Waals surface area contributed by atoms with Crippen LogP contribution in [-0.2, 0) is 5.88 Å². The molecule has 0 spiro atoms. The molecule has 4 nitrogen and oxygen atoms in total. The van der Waals surface area contributed by atoms with Crippen molar-refractivity contribution in [1.29, 1.82) is 0 Å². The van der Waals surface area contributed by atoms with E-state index in [1.165, 1.54) is 0 Å². The molecule has 4 aromatic rings. The van der Waals surface area contributed by atoms with E-state index in [1.807, 2.05) is 46.3 Å². The molecule has 0 N–H and O–H groups in total. The molecule has 0 fully saturated rings. The van der Waals surface area contributed by atoms with Gasteiger partial charge in [-0.2, -0.15) is 4.98 Å². The minimum atomic E-state index is 0.342. The fourth-order valence-electron chi connectivity index (χ4n) is 2.23. The molecule has 3 heterocycles. The average molecular weight is 316 g/mol. The molecule has 0 aliphatic heterocycles. The van der Waals surface area contributed by atoms with E-state index in [0.29, 0.717) is 17.5 Å². The van der Waals surface area contributed by atoms with E-state index < -0.39 is 0 Å². The van der Waals surface area contributed by atoms with Gasteiger partial charge in [0.2, 0.25) is 5.88 Å². The topological polar surface area (TPSA) is 39.4 Å². The maximum Gasteiger partial charge on any atom is 0.243 e. The van der Waals surface area contributed by atoms with Gasteiger partial charge in [0, 0.05) is 17.0 Å². The highest BCUT2D eigenvalue weighted by atomic mass is 35.5. The number of hydrogen-bond donors (Lipinski definition) is 0. The summed E-state index contributed by atoms with van der Waals surface area (Å²) in [5.74, 6) is 1.54. The first kappa shape index (κ1) is 12.6. The smallest absolute Gasteiger partial charge is 0.243 e. The summed E-state index contributed by atoms with van der Waals surface area (Å²) in [6.45, 7) is 0. The Morgan fingerprint density at radius 2 is 2.19 bits per heavy atom. The SMILES string of the molecule is ClCc1c(Oc2cnc3ccccc3c2)nc2sccn12. The van der Waals surface area contributed by atoms with Crippen LogP contribution in [0.4, 0.5) is 0 Å². The first-order chi connectivity index (χ1) is 10.3. The minimum Gasteiger partial charge on any atom is -0.436 e. The lowest BCUT2D eigenvalue weighted by atomic mass is 10.2. The van der Waals surface area contributed by atoms with Crippen LogP contribution in [0, 0.1) is 0 Å². The summed E-state index contributed by atoms with van der Waals surface area (Å²) >= 11 is 7.57. The molecular formula is C15H10ClN3OS. The van der Waals surface area contributed by atoms with Gasteiger partial charge in [0.1, 0.15) is 11.4 Å². The highest BCUT2D eigenvalue weighted by Gasteiger charge is 2.14. The molecule has 3 aromatic heterocycles. The van der Waals surface area contributed by atoms with Crippen LogP contribution in [0.1, 0.15) is 5.69 Å². The van der Waals surface area contributed by atoms with Crippen LogP contribution in [0.3, 0.4) is 0 Å². The number of fused-ring (bicyclic) bond motifs is 2. The summed E-state index contributed by atoms with van der Waals surface area (Å²) in [6.07, 6.45) is 3.64. The van der Waals surface area contributed by atoms with E-state index in [-0.39, 0.29) is 0 Å². The van der Waals surface area contributed by atoms with Crippen LogP contribution >= 0.6 is 22.9 Å². The van der Waals surface area contributed by atoms with Crippen molar-refractivity contribution >= 4 is 38.8 Å². The summed E-state index contributed by atoms with van der Waals surface area (Å²) in [6, 6.07) is 9.86. The third-order valence-electron chi connectivity index (χ3n) is 3.23.